The smallest absolute Gasteiger partial charge is 0.337 e. The molecule has 0 saturated heterocycles. The molecule has 0 atom stereocenters. The Balaban J connectivity index is 3.28. The van der Waals surface area contributed by atoms with Gasteiger partial charge in [0.15, 0.2) is 0 Å². The van der Waals surface area contributed by atoms with Gasteiger partial charge in [-0.2, -0.15) is 0 Å². The van der Waals surface area contributed by atoms with Gasteiger partial charge in [0.2, 0.25) is 5.91 Å². The Morgan fingerprint density at radius 3 is 2.47 bits per heavy atom. The van der Waals surface area contributed by atoms with Crippen LogP contribution in [0.4, 0.5) is 5.69 Å². The van der Waals surface area contributed by atoms with Gasteiger partial charge in [0, 0.05) is 13.0 Å². The fraction of sp³-hybridized carbons (Fsp3) is 0.111. The normalized spacial score (nSPS) is 9.73. The fourth-order valence-corrected chi connectivity index (χ4v) is 1.54. The van der Waals surface area contributed by atoms with Gasteiger partial charge in [0.25, 0.3) is 0 Å². The molecule has 0 bridgehead atoms. The van der Waals surface area contributed by atoms with Gasteiger partial charge in [-0.15, -0.1) is 0 Å². The van der Waals surface area contributed by atoms with Crippen LogP contribution >= 0.6 is 15.9 Å². The standard InChI is InChI=1S/C9H8BrNO4/c1-4(12)11-7-3-5(13)2-6(8(7)10)9(14)15/h2-3,13H,1H3,(H,11,12)(H,14,15). The number of carbonyl (C=O) groups excluding carboxylic acids is 1. The second-order valence-electron chi connectivity index (χ2n) is 2.84. The number of phenols is 1. The summed E-state index contributed by atoms with van der Waals surface area (Å²) in [6.07, 6.45) is 0. The van der Waals surface area contributed by atoms with Crippen molar-refractivity contribution in [2.75, 3.05) is 5.32 Å². The van der Waals surface area contributed by atoms with Crippen molar-refractivity contribution in [3.63, 3.8) is 0 Å². The summed E-state index contributed by atoms with van der Waals surface area (Å²) in [6, 6.07) is 2.36. The van der Waals surface area contributed by atoms with Crippen molar-refractivity contribution in [3.05, 3.63) is 22.2 Å². The molecule has 0 heterocycles. The van der Waals surface area contributed by atoms with Gasteiger partial charge < -0.3 is 15.5 Å². The number of hydrogen-bond acceptors (Lipinski definition) is 3. The number of carboxylic acid groups (broad SMARTS) is 1. The minimum absolute atomic E-state index is 0.112. The largest absolute Gasteiger partial charge is 0.508 e. The van der Waals surface area contributed by atoms with Crippen molar-refractivity contribution < 1.29 is 19.8 Å². The highest BCUT2D eigenvalue weighted by Gasteiger charge is 2.14. The lowest BCUT2D eigenvalue weighted by atomic mass is 10.2. The van der Waals surface area contributed by atoms with E-state index in [0.29, 0.717) is 0 Å². The Morgan fingerprint density at radius 2 is 2.00 bits per heavy atom. The van der Waals surface area contributed by atoms with E-state index in [1.165, 1.54) is 13.0 Å². The zero-order valence-electron chi connectivity index (χ0n) is 7.74. The summed E-state index contributed by atoms with van der Waals surface area (Å²) >= 11 is 3.04. The number of halogens is 1. The second-order valence-corrected chi connectivity index (χ2v) is 3.63. The van der Waals surface area contributed by atoms with E-state index in [1.54, 1.807) is 0 Å². The molecule has 1 aromatic rings. The molecule has 0 radical (unpaired) electrons. The van der Waals surface area contributed by atoms with Gasteiger partial charge in [-0.25, -0.2) is 4.79 Å². The highest BCUT2D eigenvalue weighted by atomic mass is 79.9. The second kappa shape index (κ2) is 4.31. The number of amides is 1. The van der Waals surface area contributed by atoms with Gasteiger partial charge in [-0.1, -0.05) is 0 Å². The molecule has 3 N–H and O–H groups in total. The Bertz CT molecular complexity index is 430. The molecule has 1 aromatic carbocycles. The molecule has 0 spiro atoms. The molecule has 80 valence electrons. The Hall–Kier alpha value is -1.56. The maximum absolute atomic E-state index is 10.8. The highest BCUT2D eigenvalue weighted by Crippen LogP contribution is 2.31. The summed E-state index contributed by atoms with van der Waals surface area (Å²) in [5.74, 6) is -1.76. The predicted molar refractivity (Wildman–Crippen MR) is 57.1 cm³/mol. The number of benzene rings is 1. The molecule has 6 heteroatoms. The number of rotatable bonds is 2. The Labute approximate surface area is 93.9 Å². The average molecular weight is 274 g/mol. The van der Waals surface area contributed by atoms with Gasteiger partial charge in [0.05, 0.1) is 15.7 Å². The van der Waals surface area contributed by atoms with Crippen LogP contribution in [0.5, 0.6) is 5.75 Å². The summed E-state index contributed by atoms with van der Waals surface area (Å²) in [7, 11) is 0. The average Bonchev–Trinajstić information content (AvgIpc) is 2.09. The Kier molecular flexibility index (Phi) is 3.31. The van der Waals surface area contributed by atoms with E-state index in [1.807, 2.05) is 0 Å². The quantitative estimate of drug-likeness (QED) is 0.767. The number of phenolic OH excluding ortho intramolecular Hbond substituents is 1. The molecule has 0 aromatic heterocycles. The first-order chi connectivity index (χ1) is 6.91. The van der Waals surface area contributed by atoms with E-state index in [0.717, 1.165) is 6.07 Å². The Morgan fingerprint density at radius 1 is 1.40 bits per heavy atom. The SMILES string of the molecule is CC(=O)Nc1cc(O)cc(C(=O)O)c1Br. The van der Waals surface area contributed by atoms with Crippen LogP contribution in [0, 0.1) is 0 Å². The third-order valence-corrected chi connectivity index (χ3v) is 2.45. The lowest BCUT2D eigenvalue weighted by Crippen LogP contribution is -2.08. The van der Waals surface area contributed by atoms with Crippen LogP contribution in [0.1, 0.15) is 17.3 Å². The van der Waals surface area contributed by atoms with Crippen LogP contribution in [0.3, 0.4) is 0 Å². The fourth-order valence-electron chi connectivity index (χ4n) is 1.05. The molecule has 1 amide bonds. The van der Waals surface area contributed by atoms with Crippen molar-refractivity contribution in [1.29, 1.82) is 0 Å². The summed E-state index contributed by atoms with van der Waals surface area (Å²) in [4.78, 5) is 21.6. The molecule has 0 aliphatic rings. The molecule has 1 rings (SSSR count). The molecule has 0 unspecified atom stereocenters. The molecule has 0 aliphatic heterocycles. The van der Waals surface area contributed by atoms with Gasteiger partial charge >= 0.3 is 5.97 Å². The summed E-state index contributed by atoms with van der Waals surface area (Å²) in [5, 5.41) is 20.4. The number of anilines is 1. The number of aromatic carboxylic acids is 1. The van der Waals surface area contributed by atoms with Crippen LogP contribution in [0.2, 0.25) is 0 Å². The number of nitrogens with one attached hydrogen (secondary N) is 1. The molecular formula is C9H8BrNO4. The molecular weight excluding hydrogens is 266 g/mol. The van der Waals surface area contributed by atoms with E-state index in [4.69, 9.17) is 5.11 Å². The minimum Gasteiger partial charge on any atom is -0.508 e. The first-order valence-corrected chi connectivity index (χ1v) is 4.74. The van der Waals surface area contributed by atoms with Crippen molar-refractivity contribution in [2.45, 2.75) is 6.92 Å². The zero-order chi connectivity index (χ0) is 11.6. The van der Waals surface area contributed by atoms with Crippen LogP contribution in [0.15, 0.2) is 16.6 Å². The third-order valence-electron chi connectivity index (χ3n) is 1.60. The highest BCUT2D eigenvalue weighted by molar-refractivity contribution is 9.10. The van der Waals surface area contributed by atoms with Crippen LogP contribution < -0.4 is 5.32 Å². The first-order valence-electron chi connectivity index (χ1n) is 3.95. The molecule has 0 aliphatic carbocycles. The van der Waals surface area contributed by atoms with E-state index < -0.39 is 5.97 Å². The monoisotopic (exact) mass is 273 g/mol. The predicted octanol–water partition coefficient (Wildman–Crippen LogP) is 1.81. The lowest BCUT2D eigenvalue weighted by Gasteiger charge is -2.08. The molecule has 15 heavy (non-hydrogen) atoms. The van der Waals surface area contributed by atoms with Gasteiger partial charge in [0.1, 0.15) is 5.75 Å². The van der Waals surface area contributed by atoms with Crippen LogP contribution in [-0.2, 0) is 4.79 Å². The first kappa shape index (κ1) is 11.5. The van der Waals surface area contributed by atoms with E-state index >= 15 is 0 Å². The maximum Gasteiger partial charge on any atom is 0.337 e. The van der Waals surface area contributed by atoms with E-state index in [9.17, 15) is 14.7 Å². The number of hydrogen-bond donors (Lipinski definition) is 3. The van der Waals surface area contributed by atoms with E-state index in [2.05, 4.69) is 21.2 Å². The molecule has 0 fully saturated rings. The van der Waals surface area contributed by atoms with Crippen molar-refractivity contribution in [1.82, 2.24) is 0 Å². The van der Waals surface area contributed by atoms with Crippen molar-refractivity contribution in [3.8, 4) is 5.75 Å². The maximum atomic E-state index is 10.8. The summed E-state index contributed by atoms with van der Waals surface area (Å²) in [5.41, 5.74) is 0.110. The van der Waals surface area contributed by atoms with Gasteiger partial charge in [-0.05, 0) is 22.0 Å². The van der Waals surface area contributed by atoms with Crippen molar-refractivity contribution >= 4 is 33.5 Å². The number of aromatic hydroxyl groups is 1. The summed E-state index contributed by atoms with van der Waals surface area (Å²) in [6.45, 7) is 1.29. The zero-order valence-corrected chi connectivity index (χ0v) is 9.33. The molecule has 0 saturated carbocycles. The number of carbonyl (C=O) groups is 2. The molecule has 5 nitrogen and oxygen atoms in total. The third kappa shape index (κ3) is 2.69. The lowest BCUT2D eigenvalue weighted by molar-refractivity contribution is -0.114. The van der Waals surface area contributed by atoms with Gasteiger partial charge in [-0.3, -0.25) is 4.79 Å². The summed E-state index contributed by atoms with van der Waals surface area (Å²) < 4.78 is 0.225. The van der Waals surface area contributed by atoms with E-state index in [-0.39, 0.29) is 27.4 Å². The van der Waals surface area contributed by atoms with Crippen molar-refractivity contribution in [2.24, 2.45) is 0 Å². The minimum atomic E-state index is -1.19. The number of carboxylic acids is 1. The van der Waals surface area contributed by atoms with Crippen LogP contribution in [0.25, 0.3) is 0 Å². The topological polar surface area (TPSA) is 86.6 Å². The van der Waals surface area contributed by atoms with Crippen LogP contribution in [-0.4, -0.2) is 22.1 Å².